The van der Waals surface area contributed by atoms with Gasteiger partial charge in [-0.3, -0.25) is 0 Å². The minimum atomic E-state index is 0.777. The van der Waals surface area contributed by atoms with Crippen LogP contribution in [0.15, 0.2) is 24.3 Å². The molecule has 0 saturated heterocycles. The first-order valence-electron chi connectivity index (χ1n) is 4.60. The predicted octanol–water partition coefficient (Wildman–Crippen LogP) is 3.16. The molecule has 13 heavy (non-hydrogen) atoms. The highest BCUT2D eigenvalue weighted by Crippen LogP contribution is 2.16. The Morgan fingerprint density at radius 2 is 1.85 bits per heavy atom. The Morgan fingerprint density at radius 1 is 1.23 bits per heavy atom. The molecular weight excluding hydrogens is 178 g/mol. The van der Waals surface area contributed by atoms with E-state index in [1.54, 1.807) is 0 Å². The number of benzene rings is 1. The summed E-state index contributed by atoms with van der Waals surface area (Å²) in [6, 6.07) is 8.13. The van der Waals surface area contributed by atoms with E-state index < -0.39 is 0 Å². The molecule has 1 nitrogen and oxygen atoms in total. The van der Waals surface area contributed by atoms with E-state index in [1.165, 1.54) is 11.3 Å². The summed E-state index contributed by atoms with van der Waals surface area (Å²) in [6.45, 7) is 4.49. The van der Waals surface area contributed by atoms with Crippen LogP contribution in [0.2, 0.25) is 0 Å². The lowest BCUT2D eigenvalue weighted by Gasteiger charge is -2.04. The summed E-state index contributed by atoms with van der Waals surface area (Å²) in [6.07, 6.45) is 0. The van der Waals surface area contributed by atoms with E-state index in [4.69, 9.17) is 5.73 Å². The molecule has 2 heteroatoms. The largest absolute Gasteiger partial charge is 0.399 e. The van der Waals surface area contributed by atoms with Gasteiger partial charge < -0.3 is 5.73 Å². The Kier molecular flexibility index (Phi) is 4.16. The minimum Gasteiger partial charge on any atom is -0.399 e. The Balaban J connectivity index is 2.33. The molecular formula is C11H17NS. The monoisotopic (exact) mass is 195 g/mol. The van der Waals surface area contributed by atoms with E-state index in [0.717, 1.165) is 17.4 Å². The maximum Gasteiger partial charge on any atom is 0.0314 e. The van der Waals surface area contributed by atoms with E-state index >= 15 is 0 Å². The molecule has 0 heterocycles. The normalized spacial score (nSPS) is 10.7. The number of hydrogen-bond donors (Lipinski definition) is 1. The summed E-state index contributed by atoms with van der Waals surface area (Å²) in [4.78, 5) is 0. The van der Waals surface area contributed by atoms with Crippen molar-refractivity contribution in [3.63, 3.8) is 0 Å². The first-order valence-corrected chi connectivity index (χ1v) is 5.76. The Hall–Kier alpha value is -0.630. The minimum absolute atomic E-state index is 0.777. The Morgan fingerprint density at radius 3 is 2.38 bits per heavy atom. The maximum absolute atomic E-state index is 5.60. The van der Waals surface area contributed by atoms with Gasteiger partial charge in [0.05, 0.1) is 0 Å². The molecule has 0 aliphatic carbocycles. The van der Waals surface area contributed by atoms with Gasteiger partial charge in [-0.25, -0.2) is 0 Å². The van der Waals surface area contributed by atoms with Gasteiger partial charge in [-0.1, -0.05) is 26.0 Å². The third-order valence-electron chi connectivity index (χ3n) is 1.70. The molecule has 1 rings (SSSR count). The zero-order valence-electron chi connectivity index (χ0n) is 8.29. The zero-order chi connectivity index (χ0) is 9.68. The van der Waals surface area contributed by atoms with Crippen molar-refractivity contribution >= 4 is 17.4 Å². The molecule has 0 atom stereocenters. The average Bonchev–Trinajstić information content (AvgIpc) is 2.08. The lowest BCUT2D eigenvalue weighted by molar-refractivity contribution is 0.750. The number of hydrogen-bond acceptors (Lipinski definition) is 2. The molecule has 1 aromatic carbocycles. The van der Waals surface area contributed by atoms with Gasteiger partial charge in [0.15, 0.2) is 0 Å². The second kappa shape index (κ2) is 5.18. The summed E-state index contributed by atoms with van der Waals surface area (Å²) in [5, 5.41) is 0. The van der Waals surface area contributed by atoms with Crippen LogP contribution in [0.1, 0.15) is 19.4 Å². The van der Waals surface area contributed by atoms with Gasteiger partial charge >= 0.3 is 0 Å². The second-order valence-electron chi connectivity index (χ2n) is 3.65. The van der Waals surface area contributed by atoms with Crippen LogP contribution >= 0.6 is 11.8 Å². The van der Waals surface area contributed by atoms with Crippen LogP contribution in [0.5, 0.6) is 0 Å². The molecule has 0 spiro atoms. The van der Waals surface area contributed by atoms with E-state index in [0.29, 0.717) is 0 Å². The second-order valence-corrected chi connectivity index (χ2v) is 4.68. The van der Waals surface area contributed by atoms with Crippen molar-refractivity contribution in [2.24, 2.45) is 5.92 Å². The van der Waals surface area contributed by atoms with Gasteiger partial charge in [0.1, 0.15) is 0 Å². The lowest BCUT2D eigenvalue weighted by atomic mass is 10.2. The van der Waals surface area contributed by atoms with Crippen molar-refractivity contribution in [1.29, 1.82) is 0 Å². The number of rotatable bonds is 4. The molecule has 0 aromatic heterocycles. The highest BCUT2D eigenvalue weighted by Gasteiger charge is 1.96. The molecule has 0 fully saturated rings. The lowest BCUT2D eigenvalue weighted by Crippen LogP contribution is -1.92. The number of nitrogens with two attached hydrogens (primary N) is 1. The van der Waals surface area contributed by atoms with Crippen LogP contribution in [0.4, 0.5) is 5.69 Å². The number of nitrogen functional groups attached to an aromatic ring is 1. The van der Waals surface area contributed by atoms with Crippen LogP contribution < -0.4 is 5.73 Å². The van der Waals surface area contributed by atoms with Gasteiger partial charge in [0, 0.05) is 11.4 Å². The number of anilines is 1. The average molecular weight is 195 g/mol. The number of thioether (sulfide) groups is 1. The van der Waals surface area contributed by atoms with E-state index in [1.807, 2.05) is 23.9 Å². The standard InChI is InChI=1S/C11H17NS/c1-9(2)7-13-8-10-3-5-11(12)6-4-10/h3-6,9H,7-8,12H2,1-2H3. The van der Waals surface area contributed by atoms with Crippen LogP contribution in [-0.4, -0.2) is 5.75 Å². The van der Waals surface area contributed by atoms with Crippen LogP contribution in [0, 0.1) is 5.92 Å². The first kappa shape index (κ1) is 10.5. The maximum atomic E-state index is 5.60. The van der Waals surface area contributed by atoms with Gasteiger partial charge in [0.25, 0.3) is 0 Å². The van der Waals surface area contributed by atoms with Gasteiger partial charge in [-0.05, 0) is 29.4 Å². The summed E-state index contributed by atoms with van der Waals surface area (Å²) < 4.78 is 0. The molecule has 0 unspecified atom stereocenters. The molecule has 0 radical (unpaired) electrons. The van der Waals surface area contributed by atoms with E-state index in [-0.39, 0.29) is 0 Å². The van der Waals surface area contributed by atoms with Gasteiger partial charge in [-0.15, -0.1) is 0 Å². The van der Waals surface area contributed by atoms with Gasteiger partial charge in [-0.2, -0.15) is 11.8 Å². The highest BCUT2D eigenvalue weighted by atomic mass is 32.2. The highest BCUT2D eigenvalue weighted by molar-refractivity contribution is 7.98. The molecule has 2 N–H and O–H groups in total. The Bertz CT molecular complexity index is 241. The smallest absolute Gasteiger partial charge is 0.0314 e. The van der Waals surface area contributed by atoms with Crippen molar-refractivity contribution in [2.45, 2.75) is 19.6 Å². The fraction of sp³-hybridized carbons (Fsp3) is 0.455. The molecule has 1 aromatic rings. The first-order chi connectivity index (χ1) is 6.18. The molecule has 0 saturated carbocycles. The zero-order valence-corrected chi connectivity index (χ0v) is 9.10. The summed E-state index contributed by atoms with van der Waals surface area (Å²) in [7, 11) is 0. The summed E-state index contributed by atoms with van der Waals surface area (Å²) in [5.41, 5.74) is 7.80. The third-order valence-corrected chi connectivity index (χ3v) is 3.14. The van der Waals surface area contributed by atoms with Gasteiger partial charge in [0.2, 0.25) is 0 Å². The molecule has 0 bridgehead atoms. The molecule has 0 amide bonds. The van der Waals surface area contributed by atoms with Crippen molar-refractivity contribution in [2.75, 3.05) is 11.5 Å². The fourth-order valence-electron chi connectivity index (χ4n) is 1.03. The van der Waals surface area contributed by atoms with Crippen molar-refractivity contribution in [3.8, 4) is 0 Å². The predicted molar refractivity (Wildman–Crippen MR) is 61.9 cm³/mol. The topological polar surface area (TPSA) is 26.0 Å². The van der Waals surface area contributed by atoms with Crippen LogP contribution in [0.25, 0.3) is 0 Å². The van der Waals surface area contributed by atoms with Crippen molar-refractivity contribution < 1.29 is 0 Å². The molecule has 0 aliphatic heterocycles. The SMILES string of the molecule is CC(C)CSCc1ccc(N)cc1. The summed E-state index contributed by atoms with van der Waals surface area (Å²) in [5.74, 6) is 3.10. The third kappa shape index (κ3) is 4.23. The van der Waals surface area contributed by atoms with Crippen molar-refractivity contribution in [3.05, 3.63) is 29.8 Å². The van der Waals surface area contributed by atoms with E-state index in [2.05, 4.69) is 26.0 Å². The van der Waals surface area contributed by atoms with Crippen LogP contribution in [0.3, 0.4) is 0 Å². The molecule has 72 valence electrons. The molecule has 0 aliphatic rings. The van der Waals surface area contributed by atoms with Crippen LogP contribution in [-0.2, 0) is 5.75 Å². The summed E-state index contributed by atoms with van der Waals surface area (Å²) >= 11 is 1.98. The van der Waals surface area contributed by atoms with Crippen molar-refractivity contribution in [1.82, 2.24) is 0 Å². The quantitative estimate of drug-likeness (QED) is 0.747. The van der Waals surface area contributed by atoms with E-state index in [9.17, 15) is 0 Å². The Labute approximate surface area is 84.7 Å². The fourth-order valence-corrected chi connectivity index (χ4v) is 2.04.